The van der Waals surface area contributed by atoms with Gasteiger partial charge in [0.2, 0.25) is 0 Å². The third-order valence-electron chi connectivity index (χ3n) is 2.57. The summed E-state index contributed by atoms with van der Waals surface area (Å²) in [5, 5.41) is 9.63. The molecule has 0 fully saturated rings. The third-order valence-corrected chi connectivity index (χ3v) is 2.57. The lowest BCUT2D eigenvalue weighted by Gasteiger charge is -2.06. The van der Waals surface area contributed by atoms with E-state index < -0.39 is 5.97 Å². The van der Waals surface area contributed by atoms with Crippen LogP contribution in [0.2, 0.25) is 0 Å². The van der Waals surface area contributed by atoms with Crippen LogP contribution in [0, 0.1) is 0 Å². The summed E-state index contributed by atoms with van der Waals surface area (Å²) >= 11 is 0. The summed E-state index contributed by atoms with van der Waals surface area (Å²) in [5.74, 6) is -0.781. The van der Waals surface area contributed by atoms with E-state index in [0.29, 0.717) is 5.56 Å². The van der Waals surface area contributed by atoms with Gasteiger partial charge in [0.25, 0.3) is 0 Å². The lowest BCUT2D eigenvalue weighted by molar-refractivity contribution is 0.0734. The fourth-order valence-electron chi connectivity index (χ4n) is 1.61. The van der Waals surface area contributed by atoms with E-state index in [-0.39, 0.29) is 22.8 Å². The highest BCUT2D eigenvalue weighted by Crippen LogP contribution is 2.24. The second-order valence-corrected chi connectivity index (χ2v) is 3.99. The Bertz CT molecular complexity index is 617. The molecule has 0 spiro atoms. The summed E-state index contributed by atoms with van der Waals surface area (Å²) in [5.41, 5.74) is 0.608. The first kappa shape index (κ1) is 12.8. The zero-order valence-electron chi connectivity index (χ0n) is 10.3. The van der Waals surface area contributed by atoms with Crippen LogP contribution in [0.3, 0.4) is 0 Å². The molecule has 0 aromatic heterocycles. The Labute approximate surface area is 110 Å². The first-order chi connectivity index (χ1) is 9.08. The highest BCUT2D eigenvalue weighted by molar-refractivity contribution is 5.97. The van der Waals surface area contributed by atoms with Gasteiger partial charge in [-0.15, -0.1) is 0 Å². The lowest BCUT2D eigenvalue weighted by Crippen LogP contribution is -2.08. The molecule has 1 N–H and O–H groups in total. The third kappa shape index (κ3) is 2.98. The average Bonchev–Trinajstić information content (AvgIpc) is 2.39. The van der Waals surface area contributed by atoms with Gasteiger partial charge in [0, 0.05) is 6.07 Å². The number of esters is 1. The normalized spacial score (nSPS) is 9.95. The number of hydrogen-bond acceptors (Lipinski definition) is 4. The van der Waals surface area contributed by atoms with Crippen LogP contribution in [0.1, 0.15) is 27.6 Å². The van der Waals surface area contributed by atoms with Crippen molar-refractivity contribution in [2.24, 2.45) is 0 Å². The Morgan fingerprint density at radius 1 is 1.05 bits per heavy atom. The second kappa shape index (κ2) is 5.35. The summed E-state index contributed by atoms with van der Waals surface area (Å²) < 4.78 is 5.11. The maximum atomic E-state index is 11.8. The number of phenols is 1. The number of rotatable bonds is 3. The molecule has 0 bridgehead atoms. The minimum atomic E-state index is -0.518. The first-order valence-electron chi connectivity index (χ1n) is 5.69. The van der Waals surface area contributed by atoms with Gasteiger partial charge in [0.05, 0.1) is 11.1 Å². The van der Waals surface area contributed by atoms with Crippen LogP contribution in [-0.2, 0) is 0 Å². The van der Waals surface area contributed by atoms with Crippen LogP contribution >= 0.6 is 0 Å². The molecular weight excluding hydrogens is 244 g/mol. The van der Waals surface area contributed by atoms with Gasteiger partial charge in [-0.2, -0.15) is 0 Å². The number of hydrogen-bond donors (Lipinski definition) is 1. The van der Waals surface area contributed by atoms with Crippen LogP contribution in [-0.4, -0.2) is 16.9 Å². The van der Waals surface area contributed by atoms with Crippen molar-refractivity contribution in [1.82, 2.24) is 0 Å². The van der Waals surface area contributed by atoms with Crippen LogP contribution in [0.15, 0.2) is 48.5 Å². The van der Waals surface area contributed by atoms with Crippen LogP contribution in [0.25, 0.3) is 0 Å². The van der Waals surface area contributed by atoms with Crippen molar-refractivity contribution in [1.29, 1.82) is 0 Å². The molecule has 0 unspecified atom stereocenters. The molecule has 4 nitrogen and oxygen atoms in total. The molecule has 0 aliphatic rings. The highest BCUT2D eigenvalue weighted by atomic mass is 16.5. The van der Waals surface area contributed by atoms with Gasteiger partial charge in [-0.25, -0.2) is 4.79 Å². The monoisotopic (exact) mass is 256 g/mol. The molecule has 0 aliphatic carbocycles. The summed E-state index contributed by atoms with van der Waals surface area (Å²) in [7, 11) is 0. The number of benzene rings is 2. The van der Waals surface area contributed by atoms with Gasteiger partial charge >= 0.3 is 5.97 Å². The molecule has 2 aromatic rings. The van der Waals surface area contributed by atoms with Gasteiger partial charge in [-0.05, 0) is 31.2 Å². The van der Waals surface area contributed by atoms with Crippen LogP contribution in [0.5, 0.6) is 11.5 Å². The Balaban J connectivity index is 2.19. The zero-order chi connectivity index (χ0) is 13.8. The van der Waals surface area contributed by atoms with E-state index in [1.165, 1.54) is 25.1 Å². The number of Topliss-reactive ketones (excluding diaryl/α,β-unsaturated/α-hetero) is 1. The molecule has 0 saturated carbocycles. The smallest absolute Gasteiger partial charge is 0.343 e. The van der Waals surface area contributed by atoms with Crippen LogP contribution in [0.4, 0.5) is 0 Å². The van der Waals surface area contributed by atoms with Crippen molar-refractivity contribution in [3.63, 3.8) is 0 Å². The van der Waals surface area contributed by atoms with Gasteiger partial charge in [-0.1, -0.05) is 18.2 Å². The van der Waals surface area contributed by atoms with Crippen molar-refractivity contribution >= 4 is 11.8 Å². The summed E-state index contributed by atoms with van der Waals surface area (Å²) in [6.45, 7) is 1.35. The van der Waals surface area contributed by atoms with Crippen molar-refractivity contribution in [2.45, 2.75) is 6.92 Å². The number of carbonyl (C=O) groups is 2. The molecule has 0 aliphatic heterocycles. The van der Waals surface area contributed by atoms with Gasteiger partial charge in [0.15, 0.2) is 5.78 Å². The second-order valence-electron chi connectivity index (χ2n) is 3.99. The highest BCUT2D eigenvalue weighted by Gasteiger charge is 2.11. The van der Waals surface area contributed by atoms with E-state index in [0.717, 1.165) is 0 Å². The first-order valence-corrected chi connectivity index (χ1v) is 5.69. The Kier molecular flexibility index (Phi) is 3.61. The van der Waals surface area contributed by atoms with E-state index in [2.05, 4.69) is 0 Å². The fourth-order valence-corrected chi connectivity index (χ4v) is 1.61. The maximum absolute atomic E-state index is 11.8. The molecule has 0 radical (unpaired) electrons. The van der Waals surface area contributed by atoms with E-state index in [9.17, 15) is 14.7 Å². The Morgan fingerprint density at radius 2 is 1.74 bits per heavy atom. The molecule has 96 valence electrons. The predicted octanol–water partition coefficient (Wildman–Crippen LogP) is 2.81. The van der Waals surface area contributed by atoms with Crippen molar-refractivity contribution in [3.8, 4) is 11.5 Å². The van der Waals surface area contributed by atoms with Crippen molar-refractivity contribution in [2.75, 3.05) is 0 Å². The Hall–Kier alpha value is -2.62. The maximum Gasteiger partial charge on any atom is 0.343 e. The summed E-state index contributed by atoms with van der Waals surface area (Å²) in [6.07, 6.45) is 0. The SMILES string of the molecule is CC(=O)c1ccc(OC(=O)c2ccccc2)cc1O. The molecule has 2 aromatic carbocycles. The number of ether oxygens (including phenoxy) is 1. The van der Waals surface area contributed by atoms with E-state index in [4.69, 9.17) is 4.74 Å². The van der Waals surface area contributed by atoms with Crippen LogP contribution < -0.4 is 4.74 Å². The minimum absolute atomic E-state index is 0.191. The molecule has 4 heteroatoms. The van der Waals surface area contributed by atoms with Gasteiger partial charge < -0.3 is 9.84 Å². The van der Waals surface area contributed by atoms with Gasteiger partial charge in [0.1, 0.15) is 11.5 Å². The van der Waals surface area contributed by atoms with E-state index in [1.54, 1.807) is 30.3 Å². The number of carbonyl (C=O) groups excluding carboxylic acids is 2. The van der Waals surface area contributed by atoms with E-state index >= 15 is 0 Å². The number of ketones is 1. The largest absolute Gasteiger partial charge is 0.507 e. The van der Waals surface area contributed by atoms with Gasteiger partial charge in [-0.3, -0.25) is 4.79 Å². The molecule has 0 amide bonds. The summed E-state index contributed by atoms with van der Waals surface area (Å²) in [6, 6.07) is 12.7. The molecular formula is C15H12O4. The fraction of sp³-hybridized carbons (Fsp3) is 0.0667. The molecule has 0 saturated heterocycles. The van der Waals surface area contributed by atoms with Crippen molar-refractivity contribution in [3.05, 3.63) is 59.7 Å². The van der Waals surface area contributed by atoms with Crippen molar-refractivity contribution < 1.29 is 19.4 Å². The topological polar surface area (TPSA) is 63.6 Å². The summed E-state index contributed by atoms with van der Waals surface area (Å²) in [4.78, 5) is 22.9. The lowest BCUT2D eigenvalue weighted by atomic mass is 10.1. The number of phenolic OH excluding ortho intramolecular Hbond substituents is 1. The zero-order valence-corrected chi connectivity index (χ0v) is 10.3. The van der Waals surface area contributed by atoms with E-state index in [1.807, 2.05) is 0 Å². The molecule has 0 atom stereocenters. The Morgan fingerprint density at radius 3 is 2.32 bits per heavy atom. The molecule has 2 rings (SSSR count). The number of aromatic hydroxyl groups is 1. The molecule has 19 heavy (non-hydrogen) atoms. The predicted molar refractivity (Wildman–Crippen MR) is 69.5 cm³/mol. The molecule has 0 heterocycles. The minimum Gasteiger partial charge on any atom is -0.507 e. The standard InChI is InChI=1S/C15H12O4/c1-10(16)13-8-7-12(9-14(13)17)19-15(18)11-5-3-2-4-6-11/h2-9,17H,1H3. The quantitative estimate of drug-likeness (QED) is 0.521. The average molecular weight is 256 g/mol.